The molecule has 1 aromatic rings. The number of hydrogen-bond donors (Lipinski definition) is 1. The van der Waals surface area contributed by atoms with Crippen LogP contribution >= 0.6 is 11.3 Å². The molecule has 0 saturated carbocycles. The number of hydrogen-bond acceptors (Lipinski definition) is 6. The largest absolute Gasteiger partial charge is 0.356 e. The number of thiazole rings is 1. The van der Waals surface area contributed by atoms with E-state index in [4.69, 9.17) is 4.98 Å². The molecular weight excluding hydrogens is 386 g/mol. The normalized spacial score (nSPS) is 22.6. The Bertz CT molecular complexity index is 723. The number of amides is 2. The van der Waals surface area contributed by atoms with Crippen LogP contribution in [0.25, 0.3) is 0 Å². The molecule has 4 rings (SSSR count). The van der Waals surface area contributed by atoms with Crippen molar-refractivity contribution in [2.75, 3.05) is 57.3 Å². The number of fused-ring (bicyclic) bond motifs is 1. The summed E-state index contributed by atoms with van der Waals surface area (Å²) in [5.74, 6) is 0.441. The third kappa shape index (κ3) is 5.09. The standard InChI is InChI=1S/C21H33N5O2S/c1-16(27)25-11-13-26(14-12-25)21-23-18-6-5-17(15-19(18)29-21)20(28)22-7-4-10-24-8-2-3-9-24/h17H,2-15H2,1H3,(H,22,28). The highest BCUT2D eigenvalue weighted by Crippen LogP contribution is 2.34. The summed E-state index contributed by atoms with van der Waals surface area (Å²) in [6.07, 6.45) is 6.29. The number of rotatable bonds is 6. The zero-order valence-corrected chi connectivity index (χ0v) is 18.3. The lowest BCUT2D eigenvalue weighted by atomic mass is 9.90. The van der Waals surface area contributed by atoms with E-state index in [1.807, 2.05) is 4.90 Å². The highest BCUT2D eigenvalue weighted by molar-refractivity contribution is 7.15. The number of anilines is 1. The van der Waals surface area contributed by atoms with Crippen molar-refractivity contribution in [1.82, 2.24) is 20.1 Å². The minimum absolute atomic E-state index is 0.0807. The molecule has 160 valence electrons. The number of nitrogens with one attached hydrogen (secondary N) is 1. The molecule has 8 heteroatoms. The molecular formula is C21H33N5O2S. The molecule has 2 aliphatic heterocycles. The van der Waals surface area contributed by atoms with Gasteiger partial charge in [-0.05, 0) is 58.2 Å². The van der Waals surface area contributed by atoms with Gasteiger partial charge in [0.2, 0.25) is 11.8 Å². The van der Waals surface area contributed by atoms with E-state index >= 15 is 0 Å². The molecule has 1 aromatic heterocycles. The quantitative estimate of drug-likeness (QED) is 0.708. The van der Waals surface area contributed by atoms with Gasteiger partial charge in [-0.25, -0.2) is 4.98 Å². The van der Waals surface area contributed by atoms with E-state index in [1.165, 1.54) is 36.5 Å². The number of piperazine rings is 1. The van der Waals surface area contributed by atoms with Gasteiger partial charge in [0.1, 0.15) is 0 Å². The van der Waals surface area contributed by atoms with Crippen molar-refractivity contribution >= 4 is 28.3 Å². The first-order valence-corrected chi connectivity index (χ1v) is 11.9. The van der Waals surface area contributed by atoms with Crippen LogP contribution in [0, 0.1) is 5.92 Å². The summed E-state index contributed by atoms with van der Waals surface area (Å²) in [6.45, 7) is 9.17. The van der Waals surface area contributed by atoms with Crippen LogP contribution in [0.5, 0.6) is 0 Å². The molecule has 0 aromatic carbocycles. The van der Waals surface area contributed by atoms with Crippen molar-refractivity contribution in [3.63, 3.8) is 0 Å². The molecule has 0 spiro atoms. The first-order chi connectivity index (χ1) is 14.1. The number of aryl methyl sites for hydroxylation is 1. The van der Waals surface area contributed by atoms with Gasteiger partial charge in [0.05, 0.1) is 5.69 Å². The smallest absolute Gasteiger partial charge is 0.223 e. The lowest BCUT2D eigenvalue weighted by Crippen LogP contribution is -2.48. The van der Waals surface area contributed by atoms with Gasteiger partial charge in [-0.2, -0.15) is 0 Å². The maximum atomic E-state index is 12.6. The lowest BCUT2D eigenvalue weighted by Gasteiger charge is -2.33. The second kappa shape index (κ2) is 9.43. The van der Waals surface area contributed by atoms with Crippen molar-refractivity contribution in [2.45, 2.75) is 45.4 Å². The van der Waals surface area contributed by atoms with Gasteiger partial charge in [0.25, 0.3) is 0 Å². The van der Waals surface area contributed by atoms with Crippen LogP contribution in [-0.4, -0.2) is 79.0 Å². The summed E-state index contributed by atoms with van der Waals surface area (Å²) in [4.78, 5) is 37.0. The van der Waals surface area contributed by atoms with Crippen LogP contribution in [0.3, 0.4) is 0 Å². The third-order valence-corrected chi connectivity index (χ3v) is 7.62. The fourth-order valence-corrected chi connectivity index (χ4v) is 5.84. The topological polar surface area (TPSA) is 68.8 Å². The van der Waals surface area contributed by atoms with Gasteiger partial charge in [-0.1, -0.05) is 0 Å². The minimum atomic E-state index is 0.0807. The first kappa shape index (κ1) is 20.6. The molecule has 7 nitrogen and oxygen atoms in total. The Balaban J connectivity index is 1.24. The van der Waals surface area contributed by atoms with Crippen molar-refractivity contribution < 1.29 is 9.59 Å². The molecule has 29 heavy (non-hydrogen) atoms. The maximum Gasteiger partial charge on any atom is 0.223 e. The molecule has 3 heterocycles. The average molecular weight is 420 g/mol. The van der Waals surface area contributed by atoms with Gasteiger partial charge < -0.3 is 20.0 Å². The van der Waals surface area contributed by atoms with Crippen molar-refractivity contribution in [2.24, 2.45) is 5.92 Å². The van der Waals surface area contributed by atoms with Crippen LogP contribution in [-0.2, 0) is 22.4 Å². The number of aromatic nitrogens is 1. The lowest BCUT2D eigenvalue weighted by molar-refractivity contribution is -0.129. The van der Waals surface area contributed by atoms with Crippen LogP contribution in [0.1, 0.15) is 43.2 Å². The van der Waals surface area contributed by atoms with Crippen molar-refractivity contribution in [3.8, 4) is 0 Å². The SMILES string of the molecule is CC(=O)N1CCN(c2nc3c(s2)CC(C(=O)NCCCN2CCCC2)CC3)CC1. The predicted octanol–water partition coefficient (Wildman–Crippen LogP) is 1.52. The Kier molecular flexibility index (Phi) is 6.70. The number of likely N-dealkylation sites (tertiary alicyclic amines) is 1. The maximum absolute atomic E-state index is 12.6. The molecule has 0 radical (unpaired) electrons. The third-order valence-electron chi connectivity index (χ3n) is 6.44. The van der Waals surface area contributed by atoms with Gasteiger partial charge in [0, 0.05) is 50.4 Å². The zero-order valence-electron chi connectivity index (χ0n) is 17.5. The van der Waals surface area contributed by atoms with Crippen LogP contribution in [0.15, 0.2) is 0 Å². The van der Waals surface area contributed by atoms with E-state index < -0.39 is 0 Å². The highest BCUT2D eigenvalue weighted by Gasteiger charge is 2.29. The van der Waals surface area contributed by atoms with E-state index in [-0.39, 0.29) is 17.7 Å². The number of carbonyl (C=O) groups is 2. The van der Waals surface area contributed by atoms with Gasteiger partial charge in [-0.15, -0.1) is 11.3 Å². The van der Waals surface area contributed by atoms with E-state index in [0.717, 1.165) is 70.1 Å². The second-order valence-electron chi connectivity index (χ2n) is 8.49. The Morgan fingerprint density at radius 1 is 1.14 bits per heavy atom. The fraction of sp³-hybridized carbons (Fsp3) is 0.762. The van der Waals surface area contributed by atoms with Crippen LogP contribution < -0.4 is 10.2 Å². The molecule has 2 saturated heterocycles. The Hall–Kier alpha value is -1.67. The molecule has 0 bridgehead atoms. The number of nitrogens with zero attached hydrogens (tertiary/aromatic N) is 4. The minimum Gasteiger partial charge on any atom is -0.356 e. The van der Waals surface area contributed by atoms with Crippen molar-refractivity contribution in [1.29, 1.82) is 0 Å². The summed E-state index contributed by atoms with van der Waals surface area (Å²) in [6, 6.07) is 0. The molecule has 1 N–H and O–H groups in total. The molecule has 1 unspecified atom stereocenters. The first-order valence-electron chi connectivity index (χ1n) is 11.1. The summed E-state index contributed by atoms with van der Waals surface area (Å²) in [7, 11) is 0. The summed E-state index contributed by atoms with van der Waals surface area (Å²) in [5.41, 5.74) is 1.18. The molecule has 3 aliphatic rings. The molecule has 2 fully saturated rings. The average Bonchev–Trinajstić information content (AvgIpc) is 3.40. The predicted molar refractivity (Wildman–Crippen MR) is 115 cm³/mol. The van der Waals surface area contributed by atoms with E-state index in [2.05, 4.69) is 15.1 Å². The Labute approximate surface area is 177 Å². The Morgan fingerprint density at radius 3 is 2.62 bits per heavy atom. The van der Waals surface area contributed by atoms with E-state index in [9.17, 15) is 9.59 Å². The second-order valence-corrected chi connectivity index (χ2v) is 9.55. The highest BCUT2D eigenvalue weighted by atomic mass is 32.1. The summed E-state index contributed by atoms with van der Waals surface area (Å²) < 4.78 is 0. The zero-order chi connectivity index (χ0) is 20.2. The molecule has 1 atom stereocenters. The van der Waals surface area contributed by atoms with Gasteiger partial charge in [0.15, 0.2) is 5.13 Å². The molecule has 1 aliphatic carbocycles. The Morgan fingerprint density at radius 2 is 1.90 bits per heavy atom. The summed E-state index contributed by atoms with van der Waals surface area (Å²) >= 11 is 1.74. The number of carbonyl (C=O) groups excluding carboxylic acids is 2. The van der Waals surface area contributed by atoms with Gasteiger partial charge in [-0.3, -0.25) is 9.59 Å². The van der Waals surface area contributed by atoms with Crippen molar-refractivity contribution in [3.05, 3.63) is 10.6 Å². The van der Waals surface area contributed by atoms with E-state index in [0.29, 0.717) is 0 Å². The van der Waals surface area contributed by atoms with Gasteiger partial charge >= 0.3 is 0 Å². The monoisotopic (exact) mass is 419 g/mol. The van der Waals surface area contributed by atoms with E-state index in [1.54, 1.807) is 18.3 Å². The fourth-order valence-electron chi connectivity index (χ4n) is 4.60. The van der Waals surface area contributed by atoms with Crippen LogP contribution in [0.2, 0.25) is 0 Å². The summed E-state index contributed by atoms with van der Waals surface area (Å²) in [5, 5.41) is 4.22. The molecule has 2 amide bonds. The van der Waals surface area contributed by atoms with Crippen LogP contribution in [0.4, 0.5) is 5.13 Å².